The SMILES string of the molecule is [N-]=[N+]=NCCn1ccc2ccc(Br)cc21. The molecule has 0 saturated heterocycles. The van der Waals surface area contributed by atoms with E-state index < -0.39 is 0 Å². The van der Waals surface area contributed by atoms with E-state index >= 15 is 0 Å². The van der Waals surface area contributed by atoms with Gasteiger partial charge in [0.1, 0.15) is 0 Å². The molecule has 1 aromatic carbocycles. The monoisotopic (exact) mass is 264 g/mol. The van der Waals surface area contributed by atoms with Gasteiger partial charge in [-0.2, -0.15) is 0 Å². The Morgan fingerprint density at radius 2 is 2.27 bits per heavy atom. The van der Waals surface area contributed by atoms with E-state index in [1.54, 1.807) is 0 Å². The highest BCUT2D eigenvalue weighted by molar-refractivity contribution is 9.10. The molecule has 0 fully saturated rings. The van der Waals surface area contributed by atoms with Gasteiger partial charge in [-0.05, 0) is 29.1 Å². The third kappa shape index (κ3) is 2.14. The van der Waals surface area contributed by atoms with Crippen molar-refractivity contribution >= 4 is 26.8 Å². The molecule has 2 rings (SSSR count). The molecule has 0 N–H and O–H groups in total. The molecule has 0 saturated carbocycles. The summed E-state index contributed by atoms with van der Waals surface area (Å²) in [5, 5.41) is 4.72. The molecular formula is C10H9BrN4. The van der Waals surface area contributed by atoms with Gasteiger partial charge in [-0.25, -0.2) is 0 Å². The number of aromatic nitrogens is 1. The lowest BCUT2D eigenvalue weighted by molar-refractivity contribution is 0.732. The number of fused-ring (bicyclic) bond motifs is 1. The standard InChI is InChI=1S/C10H9BrN4/c11-9-2-1-8-3-5-15(10(8)7-9)6-4-13-14-12/h1-3,5,7H,4,6H2. The van der Waals surface area contributed by atoms with Gasteiger partial charge in [-0.15, -0.1) is 0 Å². The van der Waals surface area contributed by atoms with E-state index in [-0.39, 0.29) is 0 Å². The van der Waals surface area contributed by atoms with Crippen LogP contribution < -0.4 is 0 Å². The topological polar surface area (TPSA) is 53.7 Å². The van der Waals surface area contributed by atoms with Crippen LogP contribution in [0.3, 0.4) is 0 Å². The van der Waals surface area contributed by atoms with Gasteiger partial charge in [-0.1, -0.05) is 27.1 Å². The Hall–Kier alpha value is -1.45. The molecule has 0 radical (unpaired) electrons. The molecule has 76 valence electrons. The van der Waals surface area contributed by atoms with Crippen molar-refractivity contribution in [2.45, 2.75) is 6.54 Å². The van der Waals surface area contributed by atoms with Crippen LogP contribution in [0.15, 0.2) is 40.0 Å². The van der Waals surface area contributed by atoms with Gasteiger partial charge >= 0.3 is 0 Å². The first-order valence-electron chi connectivity index (χ1n) is 4.56. The van der Waals surface area contributed by atoms with Crippen LogP contribution in [-0.4, -0.2) is 11.1 Å². The number of hydrogen-bond acceptors (Lipinski definition) is 1. The fourth-order valence-corrected chi connectivity index (χ4v) is 1.90. The number of nitrogens with zero attached hydrogens (tertiary/aromatic N) is 4. The maximum absolute atomic E-state index is 8.19. The van der Waals surface area contributed by atoms with Crippen LogP contribution in [0.5, 0.6) is 0 Å². The summed E-state index contributed by atoms with van der Waals surface area (Å²) in [5.41, 5.74) is 9.34. The summed E-state index contributed by atoms with van der Waals surface area (Å²) < 4.78 is 3.13. The summed E-state index contributed by atoms with van der Waals surface area (Å²) >= 11 is 3.44. The van der Waals surface area contributed by atoms with E-state index in [9.17, 15) is 0 Å². The molecule has 0 atom stereocenters. The van der Waals surface area contributed by atoms with Crippen molar-refractivity contribution in [1.29, 1.82) is 0 Å². The third-order valence-corrected chi connectivity index (χ3v) is 2.73. The molecule has 0 aliphatic carbocycles. The van der Waals surface area contributed by atoms with Crippen LogP contribution in [0.1, 0.15) is 0 Å². The Bertz CT molecular complexity index is 525. The summed E-state index contributed by atoms with van der Waals surface area (Å²) in [5.74, 6) is 0. The number of benzene rings is 1. The highest BCUT2D eigenvalue weighted by Crippen LogP contribution is 2.20. The number of hydrogen-bond donors (Lipinski definition) is 0. The van der Waals surface area contributed by atoms with Gasteiger partial charge in [0.25, 0.3) is 0 Å². The van der Waals surface area contributed by atoms with Gasteiger partial charge in [0.15, 0.2) is 0 Å². The smallest absolute Gasteiger partial charge is 0.0491 e. The van der Waals surface area contributed by atoms with Crippen LogP contribution in [0.25, 0.3) is 21.3 Å². The Balaban J connectivity index is 2.34. The third-order valence-electron chi connectivity index (χ3n) is 2.24. The first-order chi connectivity index (χ1) is 7.31. The lowest BCUT2D eigenvalue weighted by Gasteiger charge is -2.02. The molecule has 1 heterocycles. The molecule has 0 amide bonds. The Morgan fingerprint density at radius 3 is 3.07 bits per heavy atom. The summed E-state index contributed by atoms with van der Waals surface area (Å²) in [4.78, 5) is 2.74. The molecular weight excluding hydrogens is 256 g/mol. The van der Waals surface area contributed by atoms with Gasteiger partial charge in [0.05, 0.1) is 0 Å². The average Bonchev–Trinajstić information content (AvgIpc) is 2.62. The molecule has 1 aromatic heterocycles. The highest BCUT2D eigenvalue weighted by atomic mass is 79.9. The first kappa shape index (κ1) is 10.1. The van der Waals surface area contributed by atoms with E-state index in [1.807, 2.05) is 12.3 Å². The molecule has 0 bridgehead atoms. The maximum atomic E-state index is 8.19. The van der Waals surface area contributed by atoms with Gasteiger partial charge in [0.2, 0.25) is 0 Å². The van der Waals surface area contributed by atoms with Gasteiger partial charge in [0, 0.05) is 34.2 Å². The molecule has 4 nitrogen and oxygen atoms in total. The van der Waals surface area contributed by atoms with Crippen LogP contribution in [-0.2, 0) is 6.54 Å². The summed E-state index contributed by atoms with van der Waals surface area (Å²) in [7, 11) is 0. The zero-order chi connectivity index (χ0) is 10.7. The second-order valence-corrected chi connectivity index (χ2v) is 4.08. The van der Waals surface area contributed by atoms with E-state index in [2.05, 4.69) is 48.7 Å². The second-order valence-electron chi connectivity index (χ2n) is 3.17. The second kappa shape index (κ2) is 4.38. The Labute approximate surface area is 95.3 Å². The van der Waals surface area contributed by atoms with Crippen molar-refractivity contribution in [2.24, 2.45) is 5.11 Å². The van der Waals surface area contributed by atoms with Crippen LogP contribution >= 0.6 is 15.9 Å². The van der Waals surface area contributed by atoms with Crippen molar-refractivity contribution in [3.05, 3.63) is 45.4 Å². The Morgan fingerprint density at radius 1 is 1.40 bits per heavy atom. The minimum Gasteiger partial charge on any atom is -0.347 e. The molecule has 0 unspecified atom stereocenters. The van der Waals surface area contributed by atoms with Crippen molar-refractivity contribution in [3.63, 3.8) is 0 Å². The molecule has 0 spiro atoms. The average molecular weight is 265 g/mol. The van der Waals surface area contributed by atoms with Crippen LogP contribution in [0.2, 0.25) is 0 Å². The largest absolute Gasteiger partial charge is 0.347 e. The number of azide groups is 1. The van der Waals surface area contributed by atoms with Crippen molar-refractivity contribution in [3.8, 4) is 0 Å². The van der Waals surface area contributed by atoms with E-state index in [1.165, 1.54) is 5.39 Å². The fourth-order valence-electron chi connectivity index (χ4n) is 1.55. The van der Waals surface area contributed by atoms with E-state index in [0.717, 1.165) is 9.99 Å². The first-order valence-corrected chi connectivity index (χ1v) is 5.36. The molecule has 15 heavy (non-hydrogen) atoms. The maximum Gasteiger partial charge on any atom is 0.0491 e. The predicted octanol–water partition coefficient (Wildman–Crippen LogP) is 3.71. The lowest BCUT2D eigenvalue weighted by atomic mass is 10.2. The fraction of sp³-hybridized carbons (Fsp3) is 0.200. The Kier molecular flexibility index (Phi) is 2.94. The molecule has 0 aliphatic rings. The van der Waals surface area contributed by atoms with Crippen molar-refractivity contribution in [1.82, 2.24) is 4.57 Å². The lowest BCUT2D eigenvalue weighted by Crippen LogP contribution is -1.98. The quantitative estimate of drug-likeness (QED) is 0.461. The summed E-state index contributed by atoms with van der Waals surface area (Å²) in [6.07, 6.45) is 2.00. The minimum absolute atomic E-state index is 0.479. The van der Waals surface area contributed by atoms with Gasteiger partial charge < -0.3 is 4.57 Å². The van der Waals surface area contributed by atoms with Crippen LogP contribution in [0.4, 0.5) is 0 Å². The van der Waals surface area contributed by atoms with E-state index in [4.69, 9.17) is 5.53 Å². The van der Waals surface area contributed by atoms with Crippen LogP contribution in [0, 0.1) is 0 Å². The predicted molar refractivity (Wildman–Crippen MR) is 63.7 cm³/mol. The zero-order valence-corrected chi connectivity index (χ0v) is 9.55. The van der Waals surface area contributed by atoms with E-state index in [0.29, 0.717) is 13.1 Å². The number of rotatable bonds is 3. The summed E-state index contributed by atoms with van der Waals surface area (Å²) in [6.45, 7) is 1.19. The molecule has 0 aliphatic heterocycles. The molecule has 2 aromatic rings. The zero-order valence-electron chi connectivity index (χ0n) is 7.97. The van der Waals surface area contributed by atoms with Crippen molar-refractivity contribution < 1.29 is 0 Å². The van der Waals surface area contributed by atoms with Gasteiger partial charge in [-0.3, -0.25) is 0 Å². The minimum atomic E-state index is 0.479. The number of halogens is 1. The summed E-state index contributed by atoms with van der Waals surface area (Å²) in [6, 6.07) is 8.19. The normalized spacial score (nSPS) is 10.2. The highest BCUT2D eigenvalue weighted by Gasteiger charge is 2.00. The van der Waals surface area contributed by atoms with Crippen molar-refractivity contribution in [2.75, 3.05) is 6.54 Å². The molecule has 5 heteroatoms.